The largest absolute Gasteiger partial charge is 0.488 e. The summed E-state index contributed by atoms with van der Waals surface area (Å²) < 4.78 is 5.62. The minimum Gasteiger partial charge on any atom is -0.488 e. The Hall–Kier alpha value is -3.78. The molecule has 1 aromatic heterocycles. The number of carboxylic acids is 1. The number of carbonyl (C=O) groups is 2. The second-order valence-corrected chi connectivity index (χ2v) is 6.45. The van der Waals surface area contributed by atoms with Crippen molar-refractivity contribution in [3.8, 4) is 0 Å². The van der Waals surface area contributed by atoms with Crippen molar-refractivity contribution in [2.24, 2.45) is 5.10 Å². The average molecular weight is 391 g/mol. The molecule has 1 atom stereocenters. The maximum Gasteiger partial charge on any atom is 0.335 e. The number of aromatic carboxylic acids is 1. The van der Waals surface area contributed by atoms with Gasteiger partial charge in [0.1, 0.15) is 24.2 Å². The van der Waals surface area contributed by atoms with Crippen LogP contribution in [0.3, 0.4) is 0 Å². The molecule has 146 valence electrons. The van der Waals surface area contributed by atoms with Crippen LogP contribution in [0.4, 0.5) is 5.69 Å². The van der Waals surface area contributed by atoms with Gasteiger partial charge in [0, 0.05) is 24.4 Å². The van der Waals surface area contributed by atoms with Crippen LogP contribution in [0.5, 0.6) is 0 Å². The summed E-state index contributed by atoms with van der Waals surface area (Å²) in [6, 6.07) is 9.43. The highest BCUT2D eigenvalue weighted by Gasteiger charge is 2.33. The molecule has 0 saturated heterocycles. The highest BCUT2D eigenvalue weighted by Crippen LogP contribution is 2.29. The predicted molar refractivity (Wildman–Crippen MR) is 104 cm³/mol. The maximum absolute atomic E-state index is 13.1. The summed E-state index contributed by atoms with van der Waals surface area (Å²) >= 11 is 0. The fourth-order valence-corrected chi connectivity index (χ4v) is 3.14. The lowest BCUT2D eigenvalue weighted by Crippen LogP contribution is -2.22. The van der Waals surface area contributed by atoms with Crippen molar-refractivity contribution in [2.45, 2.75) is 12.5 Å². The van der Waals surface area contributed by atoms with E-state index in [2.05, 4.69) is 10.1 Å². The summed E-state index contributed by atoms with van der Waals surface area (Å²) in [5, 5.41) is 24.0. The zero-order valence-corrected chi connectivity index (χ0v) is 15.2. The van der Waals surface area contributed by atoms with Crippen molar-refractivity contribution >= 4 is 23.3 Å². The Morgan fingerprint density at radius 3 is 2.55 bits per heavy atom. The van der Waals surface area contributed by atoms with Crippen LogP contribution in [0.25, 0.3) is 0 Å². The van der Waals surface area contributed by atoms with Gasteiger partial charge in [-0.2, -0.15) is 10.1 Å². The molecule has 2 N–H and O–H groups in total. The van der Waals surface area contributed by atoms with Crippen LogP contribution < -0.4 is 5.01 Å². The summed E-state index contributed by atoms with van der Waals surface area (Å²) in [5.74, 6) is -0.918. The Morgan fingerprint density at radius 1 is 1.21 bits per heavy atom. The van der Waals surface area contributed by atoms with Crippen molar-refractivity contribution in [3.05, 3.63) is 83.4 Å². The first kappa shape index (κ1) is 18.6. The van der Waals surface area contributed by atoms with Gasteiger partial charge in [0.2, 0.25) is 0 Å². The van der Waals surface area contributed by atoms with Crippen LogP contribution in [0, 0.1) is 0 Å². The Morgan fingerprint density at radius 2 is 1.93 bits per heavy atom. The van der Waals surface area contributed by atoms with Crippen LogP contribution in [0.15, 0.2) is 77.4 Å². The van der Waals surface area contributed by atoms with Crippen molar-refractivity contribution < 1.29 is 24.5 Å². The van der Waals surface area contributed by atoms with Gasteiger partial charge in [-0.3, -0.25) is 9.78 Å². The Kier molecular flexibility index (Phi) is 4.92. The molecule has 8 heteroatoms. The molecule has 8 nitrogen and oxygen atoms in total. The molecule has 1 unspecified atom stereocenters. The third-order valence-corrected chi connectivity index (χ3v) is 4.58. The molecule has 29 heavy (non-hydrogen) atoms. The number of carbonyl (C=O) groups excluding carboxylic acids is 1. The number of aliphatic hydroxyl groups excluding tert-OH is 1. The minimum absolute atomic E-state index is 0.122. The normalized spacial score (nSPS) is 19.9. The monoisotopic (exact) mass is 391 g/mol. The molecule has 2 aliphatic rings. The van der Waals surface area contributed by atoms with Crippen molar-refractivity contribution in [1.82, 2.24) is 4.98 Å². The molecule has 0 saturated carbocycles. The number of amides is 1. The van der Waals surface area contributed by atoms with Crippen LogP contribution in [-0.4, -0.2) is 45.5 Å². The standard InChI is InChI=1S/C21H17N3O5/c25-12-17-6-5-16(29-17)11-18-19(13-7-9-22-10-8-13)23-24(20(18)26)15-3-1-14(2-4-15)21(27)28/h1-4,6-11,16,25H,5,12H2,(H,27,28)/b18-11-. The molecule has 2 aliphatic heterocycles. The number of ether oxygens (including phenoxy) is 1. The Labute approximate surface area is 166 Å². The van der Waals surface area contributed by atoms with Gasteiger partial charge in [-0.1, -0.05) is 0 Å². The van der Waals surface area contributed by atoms with E-state index in [0.717, 1.165) is 5.56 Å². The maximum atomic E-state index is 13.1. The lowest BCUT2D eigenvalue weighted by atomic mass is 10.0. The number of carboxylic acid groups (broad SMARTS) is 1. The van der Waals surface area contributed by atoms with E-state index in [0.29, 0.717) is 29.2 Å². The van der Waals surface area contributed by atoms with Gasteiger partial charge < -0.3 is 14.9 Å². The van der Waals surface area contributed by atoms with Crippen LogP contribution in [0.2, 0.25) is 0 Å². The molecule has 3 heterocycles. The van der Waals surface area contributed by atoms with Crippen LogP contribution in [-0.2, 0) is 9.53 Å². The fraction of sp³-hybridized carbons (Fsp3) is 0.143. The van der Waals surface area contributed by atoms with Crippen LogP contribution >= 0.6 is 0 Å². The predicted octanol–water partition coefficient (Wildman–Crippen LogP) is 2.12. The molecule has 1 aromatic carbocycles. The molecule has 0 bridgehead atoms. The van der Waals surface area contributed by atoms with Gasteiger partial charge in [0.05, 0.1) is 16.8 Å². The zero-order chi connectivity index (χ0) is 20.4. The van der Waals surface area contributed by atoms with Crippen molar-refractivity contribution in [1.29, 1.82) is 0 Å². The Bertz CT molecular complexity index is 1040. The molecule has 4 rings (SSSR count). The van der Waals surface area contributed by atoms with Gasteiger partial charge in [-0.05, 0) is 48.6 Å². The minimum atomic E-state index is -1.04. The van der Waals surface area contributed by atoms with Crippen molar-refractivity contribution in [3.63, 3.8) is 0 Å². The van der Waals surface area contributed by atoms with Gasteiger partial charge in [-0.25, -0.2) is 4.79 Å². The van der Waals surface area contributed by atoms with E-state index in [9.17, 15) is 14.7 Å². The number of pyridine rings is 1. The highest BCUT2D eigenvalue weighted by atomic mass is 16.5. The van der Waals surface area contributed by atoms with Gasteiger partial charge in [0.15, 0.2) is 0 Å². The van der Waals surface area contributed by atoms with E-state index in [1.54, 1.807) is 36.7 Å². The zero-order valence-electron chi connectivity index (χ0n) is 15.2. The second-order valence-electron chi connectivity index (χ2n) is 6.45. The first-order valence-corrected chi connectivity index (χ1v) is 8.92. The van der Waals surface area contributed by atoms with E-state index in [-0.39, 0.29) is 24.2 Å². The number of aliphatic hydroxyl groups is 1. The van der Waals surface area contributed by atoms with E-state index in [1.807, 2.05) is 0 Å². The van der Waals surface area contributed by atoms with Gasteiger partial charge >= 0.3 is 5.97 Å². The topological polar surface area (TPSA) is 112 Å². The molecular formula is C21H17N3O5. The van der Waals surface area contributed by atoms with Crippen LogP contribution in [0.1, 0.15) is 22.3 Å². The molecule has 2 aromatic rings. The summed E-state index contributed by atoms with van der Waals surface area (Å²) in [4.78, 5) is 28.2. The summed E-state index contributed by atoms with van der Waals surface area (Å²) in [6.45, 7) is -0.193. The number of aromatic nitrogens is 1. The first-order chi connectivity index (χ1) is 14.1. The molecule has 0 spiro atoms. The number of nitrogens with zero attached hydrogens (tertiary/aromatic N) is 3. The number of hydrazone groups is 1. The average Bonchev–Trinajstić information content (AvgIpc) is 3.34. The second kappa shape index (κ2) is 7.69. The fourth-order valence-electron chi connectivity index (χ4n) is 3.14. The number of hydrogen-bond acceptors (Lipinski definition) is 6. The number of anilines is 1. The first-order valence-electron chi connectivity index (χ1n) is 8.92. The van der Waals surface area contributed by atoms with E-state index >= 15 is 0 Å². The lowest BCUT2D eigenvalue weighted by molar-refractivity contribution is -0.114. The smallest absolute Gasteiger partial charge is 0.335 e. The third kappa shape index (κ3) is 3.65. The number of benzene rings is 1. The van der Waals surface area contributed by atoms with E-state index in [1.165, 1.54) is 29.3 Å². The SMILES string of the molecule is O=C(O)c1ccc(N2N=C(c3ccncc3)/C(=C/C3CC=C(CO)O3)C2=O)cc1. The van der Waals surface area contributed by atoms with Gasteiger partial charge in [-0.15, -0.1) is 0 Å². The van der Waals surface area contributed by atoms with E-state index < -0.39 is 5.97 Å². The quantitative estimate of drug-likeness (QED) is 0.755. The van der Waals surface area contributed by atoms with Crippen molar-refractivity contribution in [2.75, 3.05) is 11.6 Å². The summed E-state index contributed by atoms with van der Waals surface area (Å²) in [7, 11) is 0. The summed E-state index contributed by atoms with van der Waals surface area (Å²) in [5.41, 5.74) is 2.14. The van der Waals surface area contributed by atoms with Gasteiger partial charge in [0.25, 0.3) is 5.91 Å². The molecule has 1 amide bonds. The third-order valence-electron chi connectivity index (χ3n) is 4.58. The number of rotatable bonds is 5. The summed E-state index contributed by atoms with van der Waals surface area (Å²) in [6.07, 6.45) is 6.88. The van der Waals surface area contributed by atoms with E-state index in [4.69, 9.17) is 9.84 Å². The Balaban J connectivity index is 1.70. The highest BCUT2D eigenvalue weighted by molar-refractivity contribution is 6.35. The lowest BCUT2D eigenvalue weighted by Gasteiger charge is -2.12. The number of hydrogen-bond donors (Lipinski definition) is 2. The molecule has 0 radical (unpaired) electrons. The molecular weight excluding hydrogens is 374 g/mol. The molecule has 0 fully saturated rings. The molecule has 0 aliphatic carbocycles.